The largest absolute Gasteiger partial charge is 0.324 e. The molecule has 116 valence electrons. The summed E-state index contributed by atoms with van der Waals surface area (Å²) in [5, 5.41) is -0.146. The van der Waals surface area contributed by atoms with Crippen LogP contribution in [0.5, 0.6) is 0 Å². The molecule has 0 saturated heterocycles. The van der Waals surface area contributed by atoms with Crippen LogP contribution in [-0.4, -0.2) is 9.55 Å². The molecule has 2 rings (SSSR count). The zero-order valence-corrected chi connectivity index (χ0v) is 14.3. The van der Waals surface area contributed by atoms with Crippen molar-refractivity contribution in [1.82, 2.24) is 9.55 Å². The fourth-order valence-electron chi connectivity index (χ4n) is 3.00. The van der Waals surface area contributed by atoms with E-state index in [-0.39, 0.29) is 16.4 Å². The Bertz CT molecular complexity index is 633. The van der Waals surface area contributed by atoms with Crippen molar-refractivity contribution in [3.63, 3.8) is 0 Å². The Morgan fingerprint density at radius 3 is 2.38 bits per heavy atom. The average molecular weight is 331 g/mol. The summed E-state index contributed by atoms with van der Waals surface area (Å²) >= 11 is 12.2. The third-order valence-electron chi connectivity index (χ3n) is 4.25. The number of rotatable bonds is 5. The first-order valence-corrected chi connectivity index (χ1v) is 8.23. The fraction of sp³-hybridized carbons (Fsp3) is 0.562. The van der Waals surface area contributed by atoms with Crippen molar-refractivity contribution < 1.29 is 4.39 Å². The van der Waals surface area contributed by atoms with Gasteiger partial charge in [0.2, 0.25) is 0 Å². The molecule has 2 atom stereocenters. The molecular weight excluding hydrogens is 310 g/mol. The molecule has 0 spiro atoms. The van der Waals surface area contributed by atoms with Gasteiger partial charge in [-0.1, -0.05) is 38.3 Å². The lowest BCUT2D eigenvalue weighted by molar-refractivity contribution is 0.332. The van der Waals surface area contributed by atoms with Crippen molar-refractivity contribution >= 4 is 34.2 Å². The topological polar surface area (TPSA) is 17.8 Å². The van der Waals surface area contributed by atoms with Gasteiger partial charge in [0.25, 0.3) is 0 Å². The van der Waals surface area contributed by atoms with E-state index in [2.05, 4.69) is 30.3 Å². The number of benzene rings is 1. The average Bonchev–Trinajstić information content (AvgIpc) is 2.79. The second-order valence-electron chi connectivity index (χ2n) is 5.53. The van der Waals surface area contributed by atoms with Crippen LogP contribution in [0.3, 0.4) is 0 Å². The highest BCUT2D eigenvalue weighted by Gasteiger charge is 2.24. The maximum Gasteiger partial charge on any atom is 0.144 e. The third kappa shape index (κ3) is 3.04. The van der Waals surface area contributed by atoms with Gasteiger partial charge in [-0.05, 0) is 25.8 Å². The molecule has 0 saturated carbocycles. The van der Waals surface area contributed by atoms with Crippen molar-refractivity contribution in [2.75, 3.05) is 0 Å². The molecule has 2 nitrogen and oxygen atoms in total. The molecule has 21 heavy (non-hydrogen) atoms. The van der Waals surface area contributed by atoms with E-state index in [9.17, 15) is 4.39 Å². The Balaban J connectivity index is 2.68. The lowest BCUT2D eigenvalue weighted by Crippen LogP contribution is -2.18. The first-order chi connectivity index (χ1) is 9.90. The van der Waals surface area contributed by atoms with Crippen molar-refractivity contribution in [3.8, 4) is 0 Å². The summed E-state index contributed by atoms with van der Waals surface area (Å²) < 4.78 is 15.9. The van der Waals surface area contributed by atoms with Crippen LogP contribution in [0.2, 0.25) is 5.02 Å². The predicted molar refractivity (Wildman–Crippen MR) is 87.8 cm³/mol. The molecule has 0 aliphatic rings. The number of hydrogen-bond acceptors (Lipinski definition) is 1. The van der Waals surface area contributed by atoms with Gasteiger partial charge in [0.1, 0.15) is 11.6 Å². The second kappa shape index (κ2) is 6.53. The Hall–Kier alpha value is -0.800. The summed E-state index contributed by atoms with van der Waals surface area (Å²) in [4.78, 5) is 4.57. The minimum absolute atomic E-state index is 0.0936. The molecule has 1 aromatic carbocycles. The van der Waals surface area contributed by atoms with E-state index in [1.807, 2.05) is 6.92 Å². The second-order valence-corrected chi connectivity index (χ2v) is 6.59. The molecular formula is C16H21Cl2FN2. The van der Waals surface area contributed by atoms with Gasteiger partial charge in [0.05, 0.1) is 21.4 Å². The minimum atomic E-state index is -0.421. The normalized spacial score (nSPS) is 14.9. The van der Waals surface area contributed by atoms with Crippen LogP contribution in [0.1, 0.15) is 57.8 Å². The van der Waals surface area contributed by atoms with Gasteiger partial charge in [0, 0.05) is 12.1 Å². The van der Waals surface area contributed by atoms with Gasteiger partial charge < -0.3 is 4.57 Å². The zero-order valence-electron chi connectivity index (χ0n) is 12.8. The zero-order chi connectivity index (χ0) is 15.7. The van der Waals surface area contributed by atoms with E-state index in [0.29, 0.717) is 11.4 Å². The molecule has 2 unspecified atom stereocenters. The summed E-state index contributed by atoms with van der Waals surface area (Å²) in [6.45, 7) is 8.38. The maximum absolute atomic E-state index is 13.9. The summed E-state index contributed by atoms with van der Waals surface area (Å²) in [5.74, 6) is 0.846. The van der Waals surface area contributed by atoms with Gasteiger partial charge in [0.15, 0.2) is 0 Å². The van der Waals surface area contributed by atoms with Gasteiger partial charge >= 0.3 is 0 Å². The van der Waals surface area contributed by atoms with Gasteiger partial charge in [-0.3, -0.25) is 0 Å². The van der Waals surface area contributed by atoms with E-state index in [0.717, 1.165) is 24.2 Å². The number of nitrogens with zero attached hydrogens (tertiary/aromatic N) is 2. The summed E-state index contributed by atoms with van der Waals surface area (Å²) in [6.07, 6.45) is 2.12. The highest BCUT2D eigenvalue weighted by atomic mass is 35.5. The van der Waals surface area contributed by atoms with Crippen LogP contribution in [0.25, 0.3) is 11.0 Å². The molecule has 0 amide bonds. The highest BCUT2D eigenvalue weighted by Crippen LogP contribution is 2.34. The maximum atomic E-state index is 13.9. The number of alkyl halides is 1. The molecule has 0 fully saturated rings. The van der Waals surface area contributed by atoms with E-state index >= 15 is 0 Å². The van der Waals surface area contributed by atoms with E-state index in [1.54, 1.807) is 6.07 Å². The van der Waals surface area contributed by atoms with Crippen LogP contribution < -0.4 is 0 Å². The van der Waals surface area contributed by atoms with Crippen molar-refractivity contribution in [1.29, 1.82) is 0 Å². The standard InChI is InChI=1S/C16H21Cl2FN2/c1-5-11(6-2)10(4)21-15-8-13(19)12(18)7-14(15)20-16(21)9(3)17/h7-11H,5-6H2,1-4H3. The van der Waals surface area contributed by atoms with Gasteiger partial charge in [-0.15, -0.1) is 11.6 Å². The number of hydrogen-bond donors (Lipinski definition) is 0. The van der Waals surface area contributed by atoms with Gasteiger partial charge in [-0.25, -0.2) is 9.37 Å². The Morgan fingerprint density at radius 1 is 1.24 bits per heavy atom. The molecule has 0 aliphatic heterocycles. The molecule has 1 heterocycles. The SMILES string of the molecule is CCC(CC)C(C)n1c(C(C)Cl)nc2cc(Cl)c(F)cc21. The van der Waals surface area contributed by atoms with Crippen LogP contribution in [0.4, 0.5) is 4.39 Å². The Kier molecular flexibility index (Phi) is 5.15. The number of halogens is 3. The van der Waals surface area contributed by atoms with E-state index < -0.39 is 5.82 Å². The lowest BCUT2D eigenvalue weighted by Gasteiger charge is -2.26. The van der Waals surface area contributed by atoms with Crippen LogP contribution >= 0.6 is 23.2 Å². The number of imidazole rings is 1. The summed E-state index contributed by atoms with van der Waals surface area (Å²) in [5.41, 5.74) is 1.46. The van der Waals surface area contributed by atoms with Crippen LogP contribution in [0.15, 0.2) is 12.1 Å². The lowest BCUT2D eigenvalue weighted by atomic mass is 9.95. The van der Waals surface area contributed by atoms with E-state index in [1.165, 1.54) is 6.07 Å². The number of aromatic nitrogens is 2. The molecule has 0 N–H and O–H groups in total. The highest BCUT2D eigenvalue weighted by molar-refractivity contribution is 6.31. The smallest absolute Gasteiger partial charge is 0.144 e. The Labute approximate surface area is 135 Å². The fourth-order valence-corrected chi connectivity index (χ4v) is 3.31. The molecule has 5 heteroatoms. The summed E-state index contributed by atoms with van der Waals surface area (Å²) in [7, 11) is 0. The van der Waals surface area contributed by atoms with Crippen LogP contribution in [0, 0.1) is 11.7 Å². The van der Waals surface area contributed by atoms with Crippen molar-refractivity contribution in [2.45, 2.75) is 52.0 Å². The Morgan fingerprint density at radius 2 is 1.86 bits per heavy atom. The molecule has 0 bridgehead atoms. The summed E-state index contributed by atoms with van der Waals surface area (Å²) in [6, 6.07) is 3.25. The van der Waals surface area contributed by atoms with E-state index in [4.69, 9.17) is 23.2 Å². The molecule has 1 aromatic heterocycles. The predicted octanol–water partition coefficient (Wildman–Crippen LogP) is 6.13. The van der Waals surface area contributed by atoms with Gasteiger partial charge in [-0.2, -0.15) is 0 Å². The van der Waals surface area contributed by atoms with Crippen LogP contribution in [-0.2, 0) is 0 Å². The van der Waals surface area contributed by atoms with Crippen molar-refractivity contribution in [2.24, 2.45) is 5.92 Å². The monoisotopic (exact) mass is 330 g/mol. The quantitative estimate of drug-likeness (QED) is 0.603. The molecule has 2 aromatic rings. The minimum Gasteiger partial charge on any atom is -0.324 e. The third-order valence-corrected chi connectivity index (χ3v) is 4.74. The first kappa shape index (κ1) is 16.6. The molecule has 0 aliphatic carbocycles. The molecule has 0 radical (unpaired) electrons. The van der Waals surface area contributed by atoms with Crippen molar-refractivity contribution in [3.05, 3.63) is 28.8 Å². The number of fused-ring (bicyclic) bond motifs is 1. The first-order valence-electron chi connectivity index (χ1n) is 7.41.